The second-order valence-corrected chi connectivity index (χ2v) is 4.36. The lowest BCUT2D eigenvalue weighted by atomic mass is 10.2. The first-order valence-electron chi connectivity index (χ1n) is 5.27. The van der Waals surface area contributed by atoms with E-state index in [9.17, 15) is 18.0 Å². The van der Waals surface area contributed by atoms with Crippen molar-refractivity contribution in [2.24, 2.45) is 0 Å². The Morgan fingerprint density at radius 2 is 2.21 bits per heavy atom. The van der Waals surface area contributed by atoms with Crippen molar-refractivity contribution in [2.75, 3.05) is 19.0 Å². The van der Waals surface area contributed by atoms with Crippen molar-refractivity contribution in [2.45, 2.75) is 12.2 Å². The SMILES string of the molecule is COCC(CBr)NC(=O)c1ccc(C(F)(F)F)cn1. The van der Waals surface area contributed by atoms with Crippen molar-refractivity contribution in [3.8, 4) is 0 Å². The number of alkyl halides is 4. The quantitative estimate of drug-likeness (QED) is 0.836. The second-order valence-electron chi connectivity index (χ2n) is 3.71. The number of carbonyl (C=O) groups is 1. The number of nitrogens with zero attached hydrogens (tertiary/aromatic N) is 1. The Balaban J connectivity index is 2.73. The van der Waals surface area contributed by atoms with Crippen molar-refractivity contribution in [1.82, 2.24) is 10.3 Å². The lowest BCUT2D eigenvalue weighted by Crippen LogP contribution is -2.39. The standard InChI is InChI=1S/C11H12BrF3N2O2/c1-19-6-8(4-12)17-10(18)9-3-2-7(5-16-9)11(13,14)15/h2-3,5,8H,4,6H2,1H3,(H,17,18). The van der Waals surface area contributed by atoms with Gasteiger partial charge < -0.3 is 10.1 Å². The number of halogens is 4. The molecule has 1 aromatic rings. The molecule has 0 aromatic carbocycles. The van der Waals surface area contributed by atoms with Crippen LogP contribution in [0.1, 0.15) is 16.1 Å². The summed E-state index contributed by atoms with van der Waals surface area (Å²) in [7, 11) is 1.48. The van der Waals surface area contributed by atoms with Gasteiger partial charge in [-0.25, -0.2) is 0 Å². The first-order valence-corrected chi connectivity index (χ1v) is 6.39. The van der Waals surface area contributed by atoms with Crippen LogP contribution in [0.25, 0.3) is 0 Å². The number of aromatic nitrogens is 1. The highest BCUT2D eigenvalue weighted by Gasteiger charge is 2.31. The van der Waals surface area contributed by atoms with Crippen LogP contribution in [0.5, 0.6) is 0 Å². The highest BCUT2D eigenvalue weighted by Crippen LogP contribution is 2.28. The topological polar surface area (TPSA) is 51.2 Å². The summed E-state index contributed by atoms with van der Waals surface area (Å²) in [4.78, 5) is 15.2. The van der Waals surface area contributed by atoms with Crippen LogP contribution < -0.4 is 5.32 Å². The first kappa shape index (κ1) is 15.9. The first-order chi connectivity index (χ1) is 8.88. The molecule has 0 aliphatic carbocycles. The Bertz CT molecular complexity index is 423. The Labute approximate surface area is 116 Å². The van der Waals surface area contributed by atoms with Gasteiger partial charge in [0, 0.05) is 18.6 Å². The average molecular weight is 341 g/mol. The fourth-order valence-corrected chi connectivity index (χ4v) is 1.63. The number of hydrogen-bond donors (Lipinski definition) is 1. The molecule has 4 nitrogen and oxygen atoms in total. The molecule has 0 saturated heterocycles. The predicted octanol–water partition coefficient (Wildman–Crippen LogP) is 2.24. The molecule has 1 N–H and O–H groups in total. The van der Waals surface area contributed by atoms with Gasteiger partial charge in [-0.15, -0.1) is 0 Å². The van der Waals surface area contributed by atoms with Crippen LogP contribution >= 0.6 is 15.9 Å². The maximum absolute atomic E-state index is 12.3. The summed E-state index contributed by atoms with van der Waals surface area (Å²) in [5.41, 5.74) is -0.965. The Morgan fingerprint density at radius 3 is 2.63 bits per heavy atom. The number of methoxy groups -OCH3 is 1. The highest BCUT2D eigenvalue weighted by atomic mass is 79.9. The fourth-order valence-electron chi connectivity index (χ4n) is 1.28. The maximum Gasteiger partial charge on any atom is 0.417 e. The highest BCUT2D eigenvalue weighted by molar-refractivity contribution is 9.09. The monoisotopic (exact) mass is 340 g/mol. The van der Waals surface area contributed by atoms with Crippen LogP contribution in [0.2, 0.25) is 0 Å². The van der Waals surface area contributed by atoms with Gasteiger partial charge in [0.25, 0.3) is 5.91 Å². The van der Waals surface area contributed by atoms with Gasteiger partial charge in [-0.1, -0.05) is 15.9 Å². The normalized spacial score (nSPS) is 13.1. The molecule has 1 unspecified atom stereocenters. The van der Waals surface area contributed by atoms with Gasteiger partial charge in [0.2, 0.25) is 0 Å². The van der Waals surface area contributed by atoms with E-state index in [1.807, 2.05) is 0 Å². The summed E-state index contributed by atoms with van der Waals surface area (Å²) in [6, 6.07) is 1.58. The third kappa shape index (κ3) is 4.79. The summed E-state index contributed by atoms with van der Waals surface area (Å²) in [6.45, 7) is 0.289. The molecule has 0 radical (unpaired) electrons. The summed E-state index contributed by atoms with van der Waals surface area (Å²) in [5, 5.41) is 3.05. The van der Waals surface area contributed by atoms with Crippen LogP contribution in [0.3, 0.4) is 0 Å². The van der Waals surface area contributed by atoms with Crippen LogP contribution in [0, 0.1) is 0 Å². The molecule has 0 aliphatic rings. The molecule has 106 valence electrons. The minimum absolute atomic E-state index is 0.0740. The van der Waals surface area contributed by atoms with Gasteiger partial charge in [0.05, 0.1) is 18.2 Å². The number of ether oxygens (including phenoxy) is 1. The third-order valence-corrected chi connectivity index (χ3v) is 2.99. The number of pyridine rings is 1. The Kier molecular flexibility index (Phi) is 5.74. The molecular weight excluding hydrogens is 329 g/mol. The molecular formula is C11H12BrF3N2O2. The lowest BCUT2D eigenvalue weighted by molar-refractivity contribution is -0.137. The van der Waals surface area contributed by atoms with Gasteiger partial charge >= 0.3 is 6.18 Å². The molecule has 19 heavy (non-hydrogen) atoms. The molecule has 1 atom stereocenters. The van der Waals surface area contributed by atoms with Crippen molar-refractivity contribution >= 4 is 21.8 Å². The number of amides is 1. The molecule has 8 heteroatoms. The minimum Gasteiger partial charge on any atom is -0.383 e. The zero-order valence-electron chi connectivity index (χ0n) is 10.00. The second kappa shape index (κ2) is 6.85. The van der Waals surface area contributed by atoms with Crippen LogP contribution in [-0.2, 0) is 10.9 Å². The van der Waals surface area contributed by atoms with Crippen LogP contribution in [0.4, 0.5) is 13.2 Å². The summed E-state index contributed by atoms with van der Waals surface area (Å²) in [6.07, 6.45) is -3.83. The zero-order chi connectivity index (χ0) is 14.5. The van der Waals surface area contributed by atoms with Crippen molar-refractivity contribution in [3.05, 3.63) is 29.6 Å². The third-order valence-electron chi connectivity index (χ3n) is 2.21. The Morgan fingerprint density at radius 1 is 1.53 bits per heavy atom. The summed E-state index contributed by atoms with van der Waals surface area (Å²) < 4.78 is 41.8. The molecule has 0 aliphatic heterocycles. The van der Waals surface area contributed by atoms with Gasteiger partial charge in [-0.05, 0) is 12.1 Å². The Hall–Kier alpha value is -1.15. The van der Waals surface area contributed by atoms with E-state index in [0.717, 1.165) is 12.1 Å². The zero-order valence-corrected chi connectivity index (χ0v) is 11.6. The largest absolute Gasteiger partial charge is 0.417 e. The van der Waals surface area contributed by atoms with E-state index in [-0.39, 0.29) is 18.3 Å². The van der Waals surface area contributed by atoms with E-state index >= 15 is 0 Å². The average Bonchev–Trinajstić information content (AvgIpc) is 2.37. The number of hydrogen-bond acceptors (Lipinski definition) is 3. The van der Waals surface area contributed by atoms with E-state index in [4.69, 9.17) is 4.74 Å². The molecule has 1 aromatic heterocycles. The van der Waals surface area contributed by atoms with Crippen molar-refractivity contribution in [3.63, 3.8) is 0 Å². The maximum atomic E-state index is 12.3. The van der Waals surface area contributed by atoms with E-state index in [0.29, 0.717) is 11.5 Å². The van der Waals surface area contributed by atoms with Gasteiger partial charge in [-0.2, -0.15) is 13.2 Å². The summed E-state index contributed by atoms with van der Waals surface area (Å²) >= 11 is 3.19. The van der Waals surface area contributed by atoms with E-state index in [1.165, 1.54) is 7.11 Å². The smallest absolute Gasteiger partial charge is 0.383 e. The lowest BCUT2D eigenvalue weighted by Gasteiger charge is -2.15. The molecule has 1 rings (SSSR count). The minimum atomic E-state index is -4.46. The van der Waals surface area contributed by atoms with Gasteiger partial charge in [0.1, 0.15) is 5.69 Å². The molecule has 0 saturated carbocycles. The number of carbonyl (C=O) groups excluding carboxylic acids is 1. The molecule has 0 bridgehead atoms. The fraction of sp³-hybridized carbons (Fsp3) is 0.455. The summed E-state index contributed by atoms with van der Waals surface area (Å²) in [5.74, 6) is -0.546. The van der Waals surface area contributed by atoms with E-state index in [2.05, 4.69) is 26.2 Å². The van der Waals surface area contributed by atoms with Crippen LogP contribution in [0.15, 0.2) is 18.3 Å². The van der Waals surface area contributed by atoms with E-state index < -0.39 is 17.6 Å². The predicted molar refractivity (Wildman–Crippen MR) is 66.2 cm³/mol. The van der Waals surface area contributed by atoms with Gasteiger partial charge in [-0.3, -0.25) is 9.78 Å². The molecule has 0 fully saturated rings. The van der Waals surface area contributed by atoms with Crippen molar-refractivity contribution < 1.29 is 22.7 Å². The van der Waals surface area contributed by atoms with E-state index in [1.54, 1.807) is 0 Å². The number of rotatable bonds is 5. The molecule has 0 spiro atoms. The van der Waals surface area contributed by atoms with Gasteiger partial charge in [0.15, 0.2) is 0 Å². The molecule has 1 amide bonds. The molecule has 1 heterocycles. The number of nitrogens with one attached hydrogen (secondary N) is 1. The van der Waals surface area contributed by atoms with Crippen LogP contribution in [-0.4, -0.2) is 36.0 Å². The van der Waals surface area contributed by atoms with Crippen molar-refractivity contribution in [1.29, 1.82) is 0 Å².